The van der Waals surface area contributed by atoms with E-state index in [9.17, 15) is 0 Å². The van der Waals surface area contributed by atoms with Crippen LogP contribution in [0.25, 0.3) is 0 Å². The number of nitrogens with zero attached hydrogens (tertiary/aromatic N) is 1. The summed E-state index contributed by atoms with van der Waals surface area (Å²) in [5, 5.41) is 3.47. The summed E-state index contributed by atoms with van der Waals surface area (Å²) in [6.45, 7) is 13.8. The van der Waals surface area contributed by atoms with Gasteiger partial charge in [0.05, 0.1) is 6.17 Å². The molecule has 0 aliphatic carbocycles. The van der Waals surface area contributed by atoms with Gasteiger partial charge < -0.3 is 5.32 Å². The molecule has 0 rings (SSSR count). The van der Waals surface area contributed by atoms with Crippen LogP contribution in [0, 0.1) is 5.92 Å². The second-order valence-electron chi connectivity index (χ2n) is 5.83. The molecule has 0 aromatic heterocycles. The van der Waals surface area contributed by atoms with Crippen molar-refractivity contribution in [1.82, 2.24) is 10.2 Å². The second-order valence-corrected chi connectivity index (χ2v) is 5.83. The third kappa shape index (κ3) is 8.43. The zero-order valence-electron chi connectivity index (χ0n) is 14.1. The first kappa shape index (κ1) is 18.7. The molecule has 114 valence electrons. The zero-order valence-corrected chi connectivity index (χ0v) is 14.1. The van der Waals surface area contributed by atoms with Crippen LogP contribution in [0.15, 0.2) is 11.6 Å². The lowest BCUT2D eigenvalue weighted by Gasteiger charge is -2.30. The molecule has 2 atom stereocenters. The Morgan fingerprint density at radius 3 is 2.32 bits per heavy atom. The maximum atomic E-state index is 3.47. The summed E-state index contributed by atoms with van der Waals surface area (Å²) < 4.78 is 0. The molecule has 0 spiro atoms. The molecule has 2 heteroatoms. The first-order valence-corrected chi connectivity index (χ1v) is 8.17. The van der Waals surface area contributed by atoms with Crippen molar-refractivity contribution in [3.8, 4) is 0 Å². The smallest absolute Gasteiger partial charge is 0.0789 e. The third-order valence-electron chi connectivity index (χ3n) is 3.89. The van der Waals surface area contributed by atoms with Gasteiger partial charge in [-0.1, -0.05) is 52.2 Å². The molecular formula is C17H36N2. The summed E-state index contributed by atoms with van der Waals surface area (Å²) in [7, 11) is 2.08. The van der Waals surface area contributed by atoms with E-state index in [1.165, 1.54) is 50.8 Å². The van der Waals surface area contributed by atoms with Crippen LogP contribution in [0.4, 0.5) is 0 Å². The van der Waals surface area contributed by atoms with E-state index in [0.29, 0.717) is 6.17 Å². The summed E-state index contributed by atoms with van der Waals surface area (Å²) in [4.78, 5) is 2.59. The van der Waals surface area contributed by atoms with Gasteiger partial charge in [0.25, 0.3) is 0 Å². The molecular weight excluding hydrogens is 232 g/mol. The van der Waals surface area contributed by atoms with Crippen LogP contribution in [0.5, 0.6) is 0 Å². The lowest BCUT2D eigenvalue weighted by molar-refractivity contribution is 0.193. The van der Waals surface area contributed by atoms with E-state index in [-0.39, 0.29) is 0 Å². The molecule has 0 amide bonds. The maximum Gasteiger partial charge on any atom is 0.0789 e. The molecule has 2 nitrogen and oxygen atoms in total. The van der Waals surface area contributed by atoms with Crippen LogP contribution < -0.4 is 5.32 Å². The number of allylic oxidation sites excluding steroid dienone is 1. The number of hydrogen-bond donors (Lipinski definition) is 1. The predicted molar refractivity (Wildman–Crippen MR) is 87.4 cm³/mol. The average Bonchev–Trinajstić information content (AvgIpc) is 2.40. The van der Waals surface area contributed by atoms with Gasteiger partial charge in [0.1, 0.15) is 0 Å². The van der Waals surface area contributed by atoms with Crippen molar-refractivity contribution in [1.29, 1.82) is 0 Å². The van der Waals surface area contributed by atoms with Crippen molar-refractivity contribution in [2.75, 3.05) is 20.1 Å². The van der Waals surface area contributed by atoms with Crippen molar-refractivity contribution < 1.29 is 0 Å². The van der Waals surface area contributed by atoms with E-state index in [0.717, 1.165) is 5.92 Å². The molecule has 19 heavy (non-hydrogen) atoms. The SMILES string of the molecule is CCC/C(C)=C\C(NC)N(CCC)CCC(C)CC. The fraction of sp³-hybridized carbons (Fsp3) is 0.882. The Labute approximate surface area is 121 Å². The lowest BCUT2D eigenvalue weighted by atomic mass is 10.0. The van der Waals surface area contributed by atoms with Crippen molar-refractivity contribution in [3.63, 3.8) is 0 Å². The normalized spacial score (nSPS) is 15.8. The van der Waals surface area contributed by atoms with Gasteiger partial charge in [-0.25, -0.2) is 0 Å². The van der Waals surface area contributed by atoms with Gasteiger partial charge in [-0.15, -0.1) is 0 Å². The fourth-order valence-electron chi connectivity index (χ4n) is 2.39. The number of hydrogen-bond acceptors (Lipinski definition) is 2. The van der Waals surface area contributed by atoms with E-state index in [1.54, 1.807) is 0 Å². The molecule has 0 saturated heterocycles. The first-order valence-electron chi connectivity index (χ1n) is 8.17. The van der Waals surface area contributed by atoms with Gasteiger partial charge in [0, 0.05) is 6.54 Å². The highest BCUT2D eigenvalue weighted by Crippen LogP contribution is 2.12. The molecule has 0 aromatic rings. The van der Waals surface area contributed by atoms with Gasteiger partial charge in [0.2, 0.25) is 0 Å². The van der Waals surface area contributed by atoms with Gasteiger partial charge in [-0.2, -0.15) is 0 Å². The maximum absolute atomic E-state index is 3.47. The highest BCUT2D eigenvalue weighted by molar-refractivity contribution is 5.03. The van der Waals surface area contributed by atoms with Crippen LogP contribution in [-0.4, -0.2) is 31.2 Å². The quantitative estimate of drug-likeness (QED) is 0.440. The Bertz CT molecular complexity index is 235. The van der Waals surface area contributed by atoms with Crippen LogP contribution in [0.3, 0.4) is 0 Å². The Balaban J connectivity index is 4.56. The van der Waals surface area contributed by atoms with Gasteiger partial charge in [-0.05, 0) is 45.7 Å². The molecule has 0 bridgehead atoms. The minimum Gasteiger partial charge on any atom is -0.302 e. The van der Waals surface area contributed by atoms with Crippen LogP contribution in [0.2, 0.25) is 0 Å². The predicted octanol–water partition coefficient (Wildman–Crippen LogP) is 4.43. The first-order chi connectivity index (χ1) is 9.08. The molecule has 1 N–H and O–H groups in total. The number of nitrogens with one attached hydrogen (secondary N) is 1. The molecule has 0 fully saturated rings. The largest absolute Gasteiger partial charge is 0.302 e. The van der Waals surface area contributed by atoms with Crippen molar-refractivity contribution in [2.24, 2.45) is 5.92 Å². The molecule has 2 unspecified atom stereocenters. The highest BCUT2D eigenvalue weighted by atomic mass is 15.2. The molecule has 0 saturated carbocycles. The number of likely N-dealkylation sites (N-methyl/N-ethyl adjacent to an activating group) is 1. The minimum atomic E-state index is 0.399. The summed E-state index contributed by atoms with van der Waals surface area (Å²) in [5.41, 5.74) is 1.51. The Hall–Kier alpha value is -0.340. The summed E-state index contributed by atoms with van der Waals surface area (Å²) >= 11 is 0. The topological polar surface area (TPSA) is 15.3 Å². The summed E-state index contributed by atoms with van der Waals surface area (Å²) in [6.07, 6.45) is 9.07. The third-order valence-corrected chi connectivity index (χ3v) is 3.89. The van der Waals surface area contributed by atoms with Crippen molar-refractivity contribution >= 4 is 0 Å². The Kier molecular flexibility index (Phi) is 11.3. The van der Waals surface area contributed by atoms with Gasteiger partial charge >= 0.3 is 0 Å². The fourth-order valence-corrected chi connectivity index (χ4v) is 2.39. The molecule has 0 heterocycles. The Morgan fingerprint density at radius 2 is 1.84 bits per heavy atom. The molecule has 0 aliphatic heterocycles. The monoisotopic (exact) mass is 268 g/mol. The van der Waals surface area contributed by atoms with Crippen LogP contribution >= 0.6 is 0 Å². The zero-order chi connectivity index (χ0) is 14.7. The minimum absolute atomic E-state index is 0.399. The molecule has 0 aromatic carbocycles. The lowest BCUT2D eigenvalue weighted by Crippen LogP contribution is -2.44. The van der Waals surface area contributed by atoms with Gasteiger partial charge in [0.15, 0.2) is 0 Å². The second kappa shape index (κ2) is 11.5. The molecule has 0 radical (unpaired) electrons. The van der Waals surface area contributed by atoms with E-state index in [1.807, 2.05) is 0 Å². The van der Waals surface area contributed by atoms with Crippen LogP contribution in [0.1, 0.15) is 66.7 Å². The Morgan fingerprint density at radius 1 is 1.16 bits per heavy atom. The van der Waals surface area contributed by atoms with E-state index >= 15 is 0 Å². The van der Waals surface area contributed by atoms with E-state index < -0.39 is 0 Å². The van der Waals surface area contributed by atoms with Gasteiger partial charge in [-0.3, -0.25) is 4.90 Å². The average molecular weight is 268 g/mol. The van der Waals surface area contributed by atoms with E-state index in [4.69, 9.17) is 0 Å². The van der Waals surface area contributed by atoms with Crippen LogP contribution in [-0.2, 0) is 0 Å². The van der Waals surface area contributed by atoms with Crippen molar-refractivity contribution in [3.05, 3.63) is 11.6 Å². The van der Waals surface area contributed by atoms with E-state index in [2.05, 4.69) is 58.0 Å². The number of rotatable bonds is 11. The van der Waals surface area contributed by atoms with Crippen molar-refractivity contribution in [2.45, 2.75) is 72.9 Å². The molecule has 0 aliphatic rings. The summed E-state index contributed by atoms with van der Waals surface area (Å²) in [5.74, 6) is 0.831. The summed E-state index contributed by atoms with van der Waals surface area (Å²) in [6, 6.07) is 0. The highest BCUT2D eigenvalue weighted by Gasteiger charge is 2.14. The standard InChI is InChI=1S/C17H36N2/c1-7-10-16(5)14-17(18-6)19(12-8-2)13-11-15(4)9-3/h14-15,17-18H,7-13H2,1-6H3/b16-14-.